The van der Waals surface area contributed by atoms with Gasteiger partial charge in [-0.3, -0.25) is 9.59 Å². The van der Waals surface area contributed by atoms with Crippen molar-refractivity contribution in [3.8, 4) is 0 Å². The molecule has 0 bridgehead atoms. The molecule has 4 nitrogen and oxygen atoms in total. The Balaban J connectivity index is 2.37. The van der Waals surface area contributed by atoms with Crippen LogP contribution in [0.2, 0.25) is 0 Å². The molecule has 2 amide bonds. The van der Waals surface area contributed by atoms with Gasteiger partial charge in [-0.2, -0.15) is 0 Å². The molecule has 0 spiro atoms. The number of carbonyl (C=O) groups excluding carboxylic acids is 2. The van der Waals surface area contributed by atoms with Crippen LogP contribution < -0.4 is 5.32 Å². The molecule has 0 radical (unpaired) electrons. The van der Waals surface area contributed by atoms with E-state index in [-0.39, 0.29) is 11.8 Å². The summed E-state index contributed by atoms with van der Waals surface area (Å²) >= 11 is 0. The number of benzene rings is 1. The Morgan fingerprint density at radius 1 is 1.21 bits per heavy atom. The molecule has 2 atom stereocenters. The third kappa shape index (κ3) is 2.11. The monoisotopic (exact) mass is 260 g/mol. The first-order valence-electron chi connectivity index (χ1n) is 6.72. The van der Waals surface area contributed by atoms with Crippen LogP contribution in [-0.4, -0.2) is 28.8 Å². The van der Waals surface area contributed by atoms with Gasteiger partial charge in [-0.1, -0.05) is 37.3 Å². The van der Waals surface area contributed by atoms with Crippen LogP contribution in [0, 0.1) is 0 Å². The summed E-state index contributed by atoms with van der Waals surface area (Å²) in [4.78, 5) is 26.6. The van der Waals surface area contributed by atoms with Crippen molar-refractivity contribution >= 4 is 11.8 Å². The van der Waals surface area contributed by atoms with Crippen molar-refractivity contribution in [2.75, 3.05) is 6.54 Å². The Bertz CT molecular complexity index is 486. The predicted molar refractivity (Wildman–Crippen MR) is 73.4 cm³/mol. The molecule has 1 heterocycles. The van der Waals surface area contributed by atoms with Gasteiger partial charge in [-0.25, -0.2) is 0 Å². The summed E-state index contributed by atoms with van der Waals surface area (Å²) in [5.41, 5.74) is 0.0920. The fraction of sp³-hybridized carbons (Fsp3) is 0.467. The second kappa shape index (κ2) is 5.03. The Morgan fingerprint density at radius 2 is 1.84 bits per heavy atom. The van der Waals surface area contributed by atoms with Crippen molar-refractivity contribution in [1.82, 2.24) is 10.2 Å². The molecule has 0 aliphatic carbocycles. The molecule has 2 unspecified atom stereocenters. The van der Waals surface area contributed by atoms with Gasteiger partial charge in [0.15, 0.2) is 0 Å². The van der Waals surface area contributed by atoms with Crippen LogP contribution in [0.1, 0.15) is 38.8 Å². The number of carbonyl (C=O) groups is 2. The molecule has 1 aromatic rings. The topological polar surface area (TPSA) is 49.4 Å². The number of hydrogen-bond acceptors (Lipinski definition) is 2. The summed E-state index contributed by atoms with van der Waals surface area (Å²) < 4.78 is 0. The Morgan fingerprint density at radius 3 is 2.37 bits per heavy atom. The van der Waals surface area contributed by atoms with Crippen molar-refractivity contribution in [2.45, 2.75) is 38.8 Å². The zero-order valence-corrected chi connectivity index (χ0v) is 11.6. The number of nitrogens with zero attached hydrogens (tertiary/aromatic N) is 1. The van der Waals surface area contributed by atoms with E-state index in [2.05, 4.69) is 5.32 Å². The lowest BCUT2D eigenvalue weighted by molar-refractivity contribution is -0.156. The van der Waals surface area contributed by atoms with Crippen LogP contribution >= 0.6 is 0 Å². The smallest absolute Gasteiger partial charge is 0.250 e. The number of rotatable bonds is 3. The molecule has 4 heteroatoms. The van der Waals surface area contributed by atoms with Gasteiger partial charge < -0.3 is 10.2 Å². The van der Waals surface area contributed by atoms with E-state index in [9.17, 15) is 9.59 Å². The fourth-order valence-electron chi connectivity index (χ4n) is 2.60. The predicted octanol–water partition coefficient (Wildman–Crippen LogP) is 1.87. The van der Waals surface area contributed by atoms with Crippen LogP contribution in [0.15, 0.2) is 30.3 Å². The standard InChI is InChI=1S/C15H20N2O2/c1-4-15(3)14(19)16-12(13(18)17(15)5-2)11-9-7-6-8-10-11/h6-10,12H,4-5H2,1-3H3,(H,16,19). The minimum absolute atomic E-state index is 0.0300. The highest BCUT2D eigenvalue weighted by Crippen LogP contribution is 2.30. The van der Waals surface area contributed by atoms with E-state index in [1.54, 1.807) is 4.90 Å². The molecule has 1 aromatic carbocycles. The Kier molecular flexibility index (Phi) is 3.60. The van der Waals surface area contributed by atoms with E-state index in [4.69, 9.17) is 0 Å². The normalized spacial score (nSPS) is 27.3. The molecular weight excluding hydrogens is 240 g/mol. The second-order valence-electron chi connectivity index (χ2n) is 5.03. The van der Waals surface area contributed by atoms with Gasteiger partial charge in [-0.15, -0.1) is 0 Å². The Hall–Kier alpha value is -1.84. The molecule has 1 N–H and O–H groups in total. The van der Waals surface area contributed by atoms with Crippen LogP contribution in [-0.2, 0) is 9.59 Å². The summed E-state index contributed by atoms with van der Waals surface area (Å²) in [6, 6.07) is 8.81. The summed E-state index contributed by atoms with van der Waals surface area (Å²) in [5, 5.41) is 2.86. The van der Waals surface area contributed by atoms with Crippen LogP contribution in [0.3, 0.4) is 0 Å². The number of nitrogens with one attached hydrogen (secondary N) is 1. The van der Waals surface area contributed by atoms with E-state index >= 15 is 0 Å². The lowest BCUT2D eigenvalue weighted by Crippen LogP contribution is -2.66. The lowest BCUT2D eigenvalue weighted by atomic mass is 9.89. The first-order valence-corrected chi connectivity index (χ1v) is 6.72. The number of hydrogen-bond donors (Lipinski definition) is 1. The molecule has 0 saturated carbocycles. The molecule has 0 aromatic heterocycles. The maximum absolute atomic E-state index is 12.6. The summed E-state index contributed by atoms with van der Waals surface area (Å²) in [6.45, 7) is 6.20. The maximum Gasteiger partial charge on any atom is 0.250 e. The van der Waals surface area contributed by atoms with Gasteiger partial charge in [0.05, 0.1) is 0 Å². The van der Waals surface area contributed by atoms with E-state index in [1.165, 1.54) is 0 Å². The molecule has 102 valence electrons. The number of amides is 2. The van der Waals surface area contributed by atoms with Gasteiger partial charge in [0.2, 0.25) is 5.91 Å². The van der Waals surface area contributed by atoms with Gasteiger partial charge in [0.25, 0.3) is 5.91 Å². The van der Waals surface area contributed by atoms with E-state index in [0.717, 1.165) is 5.56 Å². The SMILES string of the molecule is CCN1C(=O)C(c2ccccc2)NC(=O)C1(C)CC. The molecule has 1 saturated heterocycles. The highest BCUT2D eigenvalue weighted by Gasteiger charge is 2.47. The average Bonchev–Trinajstić information content (AvgIpc) is 2.44. The van der Waals surface area contributed by atoms with Crippen LogP contribution in [0.25, 0.3) is 0 Å². The third-order valence-corrected chi connectivity index (χ3v) is 4.01. The van der Waals surface area contributed by atoms with Crippen LogP contribution in [0.4, 0.5) is 0 Å². The number of piperazine rings is 1. The summed E-state index contributed by atoms with van der Waals surface area (Å²) in [6.07, 6.45) is 0.611. The second-order valence-corrected chi connectivity index (χ2v) is 5.03. The lowest BCUT2D eigenvalue weighted by Gasteiger charge is -2.45. The molecule has 1 aliphatic rings. The third-order valence-electron chi connectivity index (χ3n) is 4.01. The zero-order valence-electron chi connectivity index (χ0n) is 11.6. The van der Waals surface area contributed by atoms with Crippen molar-refractivity contribution in [3.63, 3.8) is 0 Å². The maximum atomic E-state index is 12.6. The quantitative estimate of drug-likeness (QED) is 0.902. The van der Waals surface area contributed by atoms with Gasteiger partial charge in [0.1, 0.15) is 11.6 Å². The minimum atomic E-state index is -0.739. The van der Waals surface area contributed by atoms with Crippen molar-refractivity contribution < 1.29 is 9.59 Å². The zero-order chi connectivity index (χ0) is 14.0. The fourth-order valence-corrected chi connectivity index (χ4v) is 2.60. The largest absolute Gasteiger partial charge is 0.338 e. The molecule has 1 fully saturated rings. The molecule has 19 heavy (non-hydrogen) atoms. The van der Waals surface area contributed by atoms with E-state index < -0.39 is 11.6 Å². The van der Waals surface area contributed by atoms with Gasteiger partial charge in [0, 0.05) is 6.54 Å². The van der Waals surface area contributed by atoms with Crippen molar-refractivity contribution in [2.24, 2.45) is 0 Å². The van der Waals surface area contributed by atoms with Gasteiger partial charge in [-0.05, 0) is 25.8 Å². The Labute approximate surface area is 113 Å². The first kappa shape index (κ1) is 13.6. The highest BCUT2D eigenvalue weighted by atomic mass is 16.2. The van der Waals surface area contributed by atoms with E-state index in [1.807, 2.05) is 51.1 Å². The first-order chi connectivity index (χ1) is 9.04. The molecular formula is C15H20N2O2. The molecule has 1 aliphatic heterocycles. The van der Waals surface area contributed by atoms with E-state index in [0.29, 0.717) is 13.0 Å². The van der Waals surface area contributed by atoms with Crippen molar-refractivity contribution in [1.29, 1.82) is 0 Å². The minimum Gasteiger partial charge on any atom is -0.338 e. The van der Waals surface area contributed by atoms with Crippen LogP contribution in [0.5, 0.6) is 0 Å². The number of likely N-dealkylation sites (N-methyl/N-ethyl adjacent to an activating group) is 1. The summed E-state index contributed by atoms with van der Waals surface area (Å²) in [7, 11) is 0. The molecule has 2 rings (SSSR count). The van der Waals surface area contributed by atoms with Crippen molar-refractivity contribution in [3.05, 3.63) is 35.9 Å². The summed E-state index contributed by atoms with van der Waals surface area (Å²) in [5.74, 6) is -0.108. The average molecular weight is 260 g/mol. The van der Waals surface area contributed by atoms with Gasteiger partial charge >= 0.3 is 0 Å². The highest BCUT2D eigenvalue weighted by molar-refractivity contribution is 6.00.